The van der Waals surface area contributed by atoms with Gasteiger partial charge in [-0.2, -0.15) is 0 Å². The van der Waals surface area contributed by atoms with E-state index in [0.29, 0.717) is 17.4 Å². The van der Waals surface area contributed by atoms with Crippen LogP contribution in [0.4, 0.5) is 0 Å². The second-order valence-corrected chi connectivity index (χ2v) is 4.54. The summed E-state index contributed by atoms with van der Waals surface area (Å²) in [5, 5.41) is 0.577. The van der Waals surface area contributed by atoms with Crippen LogP contribution in [0.3, 0.4) is 0 Å². The molecule has 0 fully saturated rings. The fourth-order valence-corrected chi connectivity index (χ4v) is 1.81. The highest BCUT2D eigenvalue weighted by molar-refractivity contribution is 6.32. The van der Waals surface area contributed by atoms with Crippen LogP contribution in [0.1, 0.15) is 24.1 Å². The molecule has 0 aliphatic carbocycles. The Kier molecular flexibility index (Phi) is 4.18. The molecule has 0 bridgehead atoms. The van der Waals surface area contributed by atoms with E-state index in [1.807, 2.05) is 37.3 Å². The summed E-state index contributed by atoms with van der Waals surface area (Å²) in [7, 11) is 0. The van der Waals surface area contributed by atoms with Crippen molar-refractivity contribution in [1.82, 2.24) is 4.98 Å². The number of aromatic nitrogens is 1. The lowest BCUT2D eigenvalue weighted by atomic mass is 10.1. The van der Waals surface area contributed by atoms with Crippen molar-refractivity contribution in [2.45, 2.75) is 19.6 Å². The average molecular weight is 263 g/mol. The normalized spacial score (nSPS) is 12.2. The second-order valence-electron chi connectivity index (χ2n) is 4.13. The number of hydrogen-bond donors (Lipinski definition) is 1. The molecule has 0 spiro atoms. The Morgan fingerprint density at radius 2 is 2.22 bits per heavy atom. The molecule has 0 amide bonds. The van der Waals surface area contributed by atoms with E-state index < -0.39 is 0 Å². The van der Waals surface area contributed by atoms with Crippen LogP contribution in [0.2, 0.25) is 5.02 Å². The van der Waals surface area contributed by atoms with Crippen LogP contribution in [0.5, 0.6) is 5.75 Å². The zero-order valence-corrected chi connectivity index (χ0v) is 10.9. The van der Waals surface area contributed by atoms with Gasteiger partial charge in [0, 0.05) is 24.0 Å². The summed E-state index contributed by atoms with van der Waals surface area (Å²) >= 11 is 6.14. The SMILES string of the molecule is C[C@H](N)c1ccc(OCc2cccnc2)c(Cl)c1. The fourth-order valence-electron chi connectivity index (χ4n) is 1.56. The zero-order valence-electron chi connectivity index (χ0n) is 10.1. The Bertz CT molecular complexity index is 514. The molecule has 1 heterocycles. The molecular weight excluding hydrogens is 248 g/mol. The Labute approximate surface area is 112 Å². The zero-order chi connectivity index (χ0) is 13.0. The molecule has 18 heavy (non-hydrogen) atoms. The average Bonchev–Trinajstić information content (AvgIpc) is 2.38. The molecule has 0 aliphatic heterocycles. The third kappa shape index (κ3) is 3.22. The van der Waals surface area contributed by atoms with Crippen molar-refractivity contribution in [2.24, 2.45) is 5.73 Å². The molecule has 2 aromatic rings. The molecular formula is C14H15ClN2O. The van der Waals surface area contributed by atoms with E-state index >= 15 is 0 Å². The van der Waals surface area contributed by atoms with Crippen molar-refractivity contribution < 1.29 is 4.74 Å². The molecule has 3 nitrogen and oxygen atoms in total. The number of halogens is 1. The molecule has 4 heteroatoms. The van der Waals surface area contributed by atoms with Gasteiger partial charge in [-0.3, -0.25) is 4.98 Å². The minimum absolute atomic E-state index is 0.0325. The number of nitrogens with two attached hydrogens (primary N) is 1. The van der Waals surface area contributed by atoms with Crippen molar-refractivity contribution in [2.75, 3.05) is 0 Å². The number of rotatable bonds is 4. The fraction of sp³-hybridized carbons (Fsp3) is 0.214. The Morgan fingerprint density at radius 1 is 1.39 bits per heavy atom. The second kappa shape index (κ2) is 5.85. The lowest BCUT2D eigenvalue weighted by Crippen LogP contribution is -2.05. The summed E-state index contributed by atoms with van der Waals surface area (Å²) in [6, 6.07) is 9.41. The monoisotopic (exact) mass is 262 g/mol. The molecule has 0 saturated carbocycles. The van der Waals surface area contributed by atoms with Crippen LogP contribution >= 0.6 is 11.6 Å². The molecule has 0 unspecified atom stereocenters. The number of pyridine rings is 1. The first kappa shape index (κ1) is 12.9. The molecule has 1 aromatic carbocycles. The maximum atomic E-state index is 6.14. The van der Waals surface area contributed by atoms with Gasteiger partial charge in [0.15, 0.2) is 0 Å². The highest BCUT2D eigenvalue weighted by atomic mass is 35.5. The van der Waals surface area contributed by atoms with Gasteiger partial charge in [0.05, 0.1) is 5.02 Å². The maximum absolute atomic E-state index is 6.14. The minimum Gasteiger partial charge on any atom is -0.487 e. The number of nitrogens with zero attached hydrogens (tertiary/aromatic N) is 1. The van der Waals surface area contributed by atoms with Gasteiger partial charge in [0.1, 0.15) is 12.4 Å². The van der Waals surface area contributed by atoms with E-state index in [0.717, 1.165) is 11.1 Å². The van der Waals surface area contributed by atoms with E-state index in [2.05, 4.69) is 4.98 Å². The lowest BCUT2D eigenvalue weighted by Gasteiger charge is -2.11. The first-order valence-electron chi connectivity index (χ1n) is 5.73. The molecule has 2 rings (SSSR count). The van der Waals surface area contributed by atoms with Crippen LogP contribution in [-0.2, 0) is 6.61 Å². The molecule has 0 aliphatic rings. The standard InChI is InChI=1S/C14H15ClN2O/c1-10(16)12-4-5-14(13(15)7-12)18-9-11-3-2-6-17-8-11/h2-8,10H,9,16H2,1H3/t10-/m0/s1. The van der Waals surface area contributed by atoms with Crippen molar-refractivity contribution in [3.05, 3.63) is 58.9 Å². The van der Waals surface area contributed by atoms with Crippen LogP contribution in [-0.4, -0.2) is 4.98 Å². The third-order valence-electron chi connectivity index (χ3n) is 2.60. The van der Waals surface area contributed by atoms with E-state index in [1.54, 1.807) is 12.4 Å². The van der Waals surface area contributed by atoms with Crippen molar-refractivity contribution in [3.8, 4) is 5.75 Å². The predicted molar refractivity (Wildman–Crippen MR) is 72.6 cm³/mol. The molecule has 1 aromatic heterocycles. The van der Waals surface area contributed by atoms with Crippen LogP contribution in [0, 0.1) is 0 Å². The molecule has 0 saturated heterocycles. The molecule has 2 N–H and O–H groups in total. The van der Waals surface area contributed by atoms with Crippen LogP contribution in [0.15, 0.2) is 42.7 Å². The lowest BCUT2D eigenvalue weighted by molar-refractivity contribution is 0.306. The highest BCUT2D eigenvalue weighted by Crippen LogP contribution is 2.27. The number of benzene rings is 1. The van der Waals surface area contributed by atoms with Gasteiger partial charge in [0.2, 0.25) is 0 Å². The summed E-state index contributed by atoms with van der Waals surface area (Å²) in [5.74, 6) is 0.657. The van der Waals surface area contributed by atoms with Gasteiger partial charge in [-0.25, -0.2) is 0 Å². The van der Waals surface area contributed by atoms with Crippen molar-refractivity contribution in [1.29, 1.82) is 0 Å². The first-order chi connectivity index (χ1) is 8.66. The van der Waals surface area contributed by atoms with Gasteiger partial charge in [-0.1, -0.05) is 23.7 Å². The van der Waals surface area contributed by atoms with Gasteiger partial charge in [-0.05, 0) is 30.7 Å². The quantitative estimate of drug-likeness (QED) is 0.919. The largest absolute Gasteiger partial charge is 0.487 e. The number of ether oxygens (including phenoxy) is 1. The summed E-state index contributed by atoms with van der Waals surface area (Å²) in [5.41, 5.74) is 7.79. The predicted octanol–water partition coefficient (Wildman–Crippen LogP) is 3.33. The summed E-state index contributed by atoms with van der Waals surface area (Å²) < 4.78 is 5.64. The van der Waals surface area contributed by atoms with Gasteiger partial charge < -0.3 is 10.5 Å². The van der Waals surface area contributed by atoms with Gasteiger partial charge >= 0.3 is 0 Å². The van der Waals surface area contributed by atoms with E-state index in [4.69, 9.17) is 22.1 Å². The summed E-state index contributed by atoms with van der Waals surface area (Å²) in [6.07, 6.45) is 3.50. The summed E-state index contributed by atoms with van der Waals surface area (Å²) in [6.45, 7) is 2.37. The van der Waals surface area contributed by atoms with Crippen molar-refractivity contribution in [3.63, 3.8) is 0 Å². The van der Waals surface area contributed by atoms with Crippen molar-refractivity contribution >= 4 is 11.6 Å². The van der Waals surface area contributed by atoms with E-state index in [9.17, 15) is 0 Å². The topological polar surface area (TPSA) is 48.1 Å². The molecule has 94 valence electrons. The minimum atomic E-state index is -0.0325. The van der Waals surface area contributed by atoms with E-state index in [1.165, 1.54) is 0 Å². The Balaban J connectivity index is 2.06. The number of hydrogen-bond acceptors (Lipinski definition) is 3. The Morgan fingerprint density at radius 3 is 2.83 bits per heavy atom. The molecule has 1 atom stereocenters. The maximum Gasteiger partial charge on any atom is 0.138 e. The first-order valence-corrected chi connectivity index (χ1v) is 6.11. The highest BCUT2D eigenvalue weighted by Gasteiger charge is 2.06. The van der Waals surface area contributed by atoms with Crippen LogP contribution in [0.25, 0.3) is 0 Å². The van der Waals surface area contributed by atoms with Gasteiger partial charge in [0.25, 0.3) is 0 Å². The third-order valence-corrected chi connectivity index (χ3v) is 2.89. The van der Waals surface area contributed by atoms with Crippen LogP contribution < -0.4 is 10.5 Å². The van der Waals surface area contributed by atoms with E-state index in [-0.39, 0.29) is 6.04 Å². The van der Waals surface area contributed by atoms with Gasteiger partial charge in [-0.15, -0.1) is 0 Å². The smallest absolute Gasteiger partial charge is 0.138 e. The Hall–Kier alpha value is -1.58. The molecule has 0 radical (unpaired) electrons. The summed E-state index contributed by atoms with van der Waals surface area (Å²) in [4.78, 5) is 4.03.